The maximum absolute atomic E-state index is 9.57. The van der Waals surface area contributed by atoms with E-state index in [1.807, 2.05) is 12.1 Å². The van der Waals surface area contributed by atoms with Crippen molar-refractivity contribution < 1.29 is 4.84 Å². The highest BCUT2D eigenvalue weighted by Crippen LogP contribution is 2.53. The molecular formula is C20H28N2O. The predicted molar refractivity (Wildman–Crippen MR) is 91.8 cm³/mol. The van der Waals surface area contributed by atoms with E-state index >= 15 is 0 Å². The van der Waals surface area contributed by atoms with E-state index in [0.29, 0.717) is 17.9 Å². The Morgan fingerprint density at radius 2 is 1.96 bits per heavy atom. The monoisotopic (exact) mass is 312 g/mol. The van der Waals surface area contributed by atoms with Crippen molar-refractivity contribution in [1.82, 2.24) is 5.06 Å². The molecule has 3 nitrogen and oxygen atoms in total. The van der Waals surface area contributed by atoms with Crippen molar-refractivity contribution >= 4 is 0 Å². The van der Waals surface area contributed by atoms with Gasteiger partial charge in [0.25, 0.3) is 0 Å². The van der Waals surface area contributed by atoms with Gasteiger partial charge in [-0.2, -0.15) is 10.3 Å². The Balaban J connectivity index is 2.05. The molecule has 1 heterocycles. The minimum atomic E-state index is -0.147. The molecule has 2 aliphatic rings. The second-order valence-corrected chi connectivity index (χ2v) is 8.45. The Kier molecular flexibility index (Phi) is 3.82. The van der Waals surface area contributed by atoms with Gasteiger partial charge in [0.05, 0.1) is 17.2 Å². The molecule has 1 aromatic carbocycles. The summed E-state index contributed by atoms with van der Waals surface area (Å²) >= 11 is 0. The lowest BCUT2D eigenvalue weighted by atomic mass is 9.58. The zero-order valence-electron chi connectivity index (χ0n) is 15.2. The second kappa shape index (κ2) is 5.33. The molecule has 0 spiro atoms. The minimum Gasteiger partial charge on any atom is -0.293 e. The van der Waals surface area contributed by atoms with Gasteiger partial charge in [0.1, 0.15) is 0 Å². The number of nitriles is 1. The summed E-state index contributed by atoms with van der Waals surface area (Å²) in [5.41, 5.74) is 3.16. The van der Waals surface area contributed by atoms with E-state index in [-0.39, 0.29) is 11.0 Å². The fraction of sp³-hybridized carbons (Fsp3) is 0.650. The average molecular weight is 312 g/mol. The summed E-state index contributed by atoms with van der Waals surface area (Å²) in [6.07, 6.45) is 2.16. The van der Waals surface area contributed by atoms with Crippen molar-refractivity contribution in [3.05, 3.63) is 34.9 Å². The molecule has 0 amide bonds. The second-order valence-electron chi connectivity index (χ2n) is 8.45. The Morgan fingerprint density at radius 1 is 1.26 bits per heavy atom. The van der Waals surface area contributed by atoms with Gasteiger partial charge in [-0.1, -0.05) is 31.5 Å². The molecule has 23 heavy (non-hydrogen) atoms. The topological polar surface area (TPSA) is 36.3 Å². The van der Waals surface area contributed by atoms with Gasteiger partial charge in [0.2, 0.25) is 0 Å². The molecule has 0 N–H and O–H groups in total. The van der Waals surface area contributed by atoms with E-state index < -0.39 is 0 Å². The SMILES string of the molecule is Cc1ccc(C#N)c(C2(C)CC(C)C3C(C2)C(C)(C)ON3C)c1. The van der Waals surface area contributed by atoms with Crippen LogP contribution in [0.3, 0.4) is 0 Å². The molecule has 124 valence electrons. The third kappa shape index (κ3) is 2.58. The Morgan fingerprint density at radius 3 is 2.61 bits per heavy atom. The van der Waals surface area contributed by atoms with Crippen LogP contribution in [0.15, 0.2) is 18.2 Å². The van der Waals surface area contributed by atoms with Gasteiger partial charge in [-0.15, -0.1) is 0 Å². The lowest BCUT2D eigenvalue weighted by molar-refractivity contribution is -0.182. The zero-order chi connectivity index (χ0) is 17.0. The summed E-state index contributed by atoms with van der Waals surface area (Å²) in [6, 6.07) is 9.11. The number of aryl methyl sites for hydroxylation is 1. The van der Waals surface area contributed by atoms with Crippen LogP contribution in [0.2, 0.25) is 0 Å². The van der Waals surface area contributed by atoms with Gasteiger partial charge < -0.3 is 0 Å². The van der Waals surface area contributed by atoms with Gasteiger partial charge in [0.15, 0.2) is 0 Å². The maximum Gasteiger partial charge on any atom is 0.0994 e. The summed E-state index contributed by atoms with van der Waals surface area (Å²) in [6.45, 7) is 11.2. The standard InChI is InChI=1S/C20H28N2O/c1-13-7-8-15(12-21)16(9-13)20(5)10-14(2)18-17(11-20)19(3,4)23-22(18)6/h7-9,14,17-18H,10-11H2,1-6H3. The van der Waals surface area contributed by atoms with Crippen LogP contribution >= 0.6 is 0 Å². The van der Waals surface area contributed by atoms with Crippen LogP contribution in [0.5, 0.6) is 0 Å². The van der Waals surface area contributed by atoms with Crippen LogP contribution in [-0.4, -0.2) is 23.8 Å². The lowest BCUT2D eigenvalue weighted by Gasteiger charge is -2.46. The summed E-state index contributed by atoms with van der Waals surface area (Å²) in [4.78, 5) is 6.14. The quantitative estimate of drug-likeness (QED) is 0.780. The molecule has 3 heteroatoms. The molecule has 4 unspecified atom stereocenters. The van der Waals surface area contributed by atoms with Crippen LogP contribution in [-0.2, 0) is 10.3 Å². The summed E-state index contributed by atoms with van der Waals surface area (Å²) in [5, 5.41) is 11.6. The van der Waals surface area contributed by atoms with E-state index in [1.165, 1.54) is 11.1 Å². The van der Waals surface area contributed by atoms with Gasteiger partial charge in [-0.05, 0) is 56.6 Å². The van der Waals surface area contributed by atoms with Crippen molar-refractivity contribution in [1.29, 1.82) is 5.26 Å². The van der Waals surface area contributed by atoms with E-state index in [0.717, 1.165) is 18.4 Å². The van der Waals surface area contributed by atoms with Crippen LogP contribution in [0.1, 0.15) is 57.2 Å². The Bertz CT molecular complexity index is 660. The third-order valence-corrected chi connectivity index (χ3v) is 6.08. The first-order valence-electron chi connectivity index (χ1n) is 8.61. The van der Waals surface area contributed by atoms with Gasteiger partial charge in [-0.25, -0.2) is 0 Å². The molecule has 3 rings (SSSR count). The van der Waals surface area contributed by atoms with E-state index in [9.17, 15) is 5.26 Å². The van der Waals surface area contributed by atoms with Crippen molar-refractivity contribution in [2.45, 2.75) is 64.5 Å². The van der Waals surface area contributed by atoms with E-state index in [1.54, 1.807) is 0 Å². The number of hydroxylamine groups is 2. The fourth-order valence-corrected chi connectivity index (χ4v) is 5.16. The normalized spacial score (nSPS) is 36.5. The molecule has 2 fully saturated rings. The first-order valence-corrected chi connectivity index (χ1v) is 8.61. The highest BCUT2D eigenvalue weighted by atomic mass is 16.7. The summed E-state index contributed by atoms with van der Waals surface area (Å²) in [7, 11) is 2.07. The number of fused-ring (bicyclic) bond motifs is 1. The van der Waals surface area contributed by atoms with Gasteiger partial charge >= 0.3 is 0 Å². The van der Waals surface area contributed by atoms with Crippen molar-refractivity contribution in [3.8, 4) is 6.07 Å². The molecule has 1 aliphatic carbocycles. The van der Waals surface area contributed by atoms with Gasteiger partial charge in [-0.3, -0.25) is 4.84 Å². The minimum absolute atomic E-state index is 0.0312. The van der Waals surface area contributed by atoms with Crippen LogP contribution in [0.4, 0.5) is 0 Å². The van der Waals surface area contributed by atoms with E-state index in [4.69, 9.17) is 4.84 Å². The Hall–Kier alpha value is -1.37. The zero-order valence-corrected chi connectivity index (χ0v) is 15.2. The predicted octanol–water partition coefficient (Wildman–Crippen LogP) is 4.19. The van der Waals surface area contributed by atoms with Crippen molar-refractivity contribution in [3.63, 3.8) is 0 Å². The number of rotatable bonds is 1. The maximum atomic E-state index is 9.57. The average Bonchev–Trinajstić information content (AvgIpc) is 2.68. The van der Waals surface area contributed by atoms with Crippen LogP contribution in [0, 0.1) is 30.1 Å². The first-order chi connectivity index (χ1) is 10.7. The largest absolute Gasteiger partial charge is 0.293 e. The molecule has 4 atom stereocenters. The fourth-order valence-electron chi connectivity index (χ4n) is 5.16. The molecule has 1 saturated carbocycles. The van der Waals surface area contributed by atoms with E-state index in [2.05, 4.69) is 58.9 Å². The lowest BCUT2D eigenvalue weighted by Crippen LogP contribution is -2.48. The Labute approximate surface area is 140 Å². The van der Waals surface area contributed by atoms with Crippen molar-refractivity contribution in [2.24, 2.45) is 11.8 Å². The third-order valence-electron chi connectivity index (χ3n) is 6.08. The number of benzene rings is 1. The van der Waals surface area contributed by atoms with Crippen molar-refractivity contribution in [2.75, 3.05) is 7.05 Å². The molecule has 0 aromatic heterocycles. The highest BCUT2D eigenvalue weighted by molar-refractivity contribution is 5.45. The number of hydrogen-bond donors (Lipinski definition) is 0. The van der Waals surface area contributed by atoms with Crippen LogP contribution < -0.4 is 0 Å². The van der Waals surface area contributed by atoms with Crippen LogP contribution in [0.25, 0.3) is 0 Å². The molecule has 0 bridgehead atoms. The smallest absolute Gasteiger partial charge is 0.0994 e. The van der Waals surface area contributed by atoms with Gasteiger partial charge in [0, 0.05) is 19.0 Å². The molecule has 1 saturated heterocycles. The molecule has 1 aromatic rings. The molecule has 1 aliphatic heterocycles. The first kappa shape index (κ1) is 16.5. The number of nitrogens with zero attached hydrogens (tertiary/aromatic N) is 2. The molecule has 0 radical (unpaired) electrons. The summed E-state index contributed by atoms with van der Waals surface area (Å²) < 4.78 is 0. The molecular weight excluding hydrogens is 284 g/mol. The highest BCUT2D eigenvalue weighted by Gasteiger charge is 2.55. The summed E-state index contributed by atoms with van der Waals surface area (Å²) in [5.74, 6) is 1.02. The number of hydrogen-bond acceptors (Lipinski definition) is 3.